The van der Waals surface area contributed by atoms with E-state index in [0.29, 0.717) is 6.54 Å². The van der Waals surface area contributed by atoms with Crippen LogP contribution in [0.4, 0.5) is 5.13 Å². The zero-order chi connectivity index (χ0) is 13.4. The third-order valence-electron chi connectivity index (χ3n) is 2.00. The molecule has 1 atom stereocenters. The Hall–Kier alpha value is -1.08. The van der Waals surface area contributed by atoms with E-state index in [0.717, 1.165) is 22.4 Å². The van der Waals surface area contributed by atoms with Crippen molar-refractivity contribution in [2.24, 2.45) is 0 Å². The first-order chi connectivity index (χ1) is 8.67. The van der Waals surface area contributed by atoms with Gasteiger partial charge in [-0.3, -0.25) is 4.79 Å². The topological polar surface area (TPSA) is 66.9 Å². The molecule has 0 bridgehead atoms. The van der Waals surface area contributed by atoms with Gasteiger partial charge >= 0.3 is 0 Å². The Morgan fingerprint density at radius 3 is 3.06 bits per heavy atom. The molecule has 0 unspecified atom stereocenters. The molecule has 18 heavy (non-hydrogen) atoms. The second-order valence-corrected chi connectivity index (χ2v) is 6.16. The number of nitrogens with one attached hydrogen (secondary N) is 2. The van der Waals surface area contributed by atoms with Crippen LogP contribution < -0.4 is 10.6 Å². The summed E-state index contributed by atoms with van der Waals surface area (Å²) in [6, 6.07) is 0. The molecule has 1 aromatic rings. The summed E-state index contributed by atoms with van der Waals surface area (Å²) in [5.41, 5.74) is 0. The van der Waals surface area contributed by atoms with E-state index >= 15 is 0 Å². The molecule has 1 rings (SSSR count). The molecule has 100 valence electrons. The second-order valence-electron chi connectivity index (χ2n) is 3.59. The molecular weight excluding hydrogens is 268 g/mol. The lowest BCUT2D eigenvalue weighted by Gasteiger charge is -2.07. The van der Waals surface area contributed by atoms with E-state index < -0.39 is 0 Å². The van der Waals surface area contributed by atoms with Crippen LogP contribution in [0.1, 0.15) is 20.3 Å². The van der Waals surface area contributed by atoms with Gasteiger partial charge in [0.25, 0.3) is 0 Å². The summed E-state index contributed by atoms with van der Waals surface area (Å²) < 4.78 is 0.801. The second kappa shape index (κ2) is 8.10. The van der Waals surface area contributed by atoms with Gasteiger partial charge in [-0.1, -0.05) is 36.1 Å². The molecule has 0 radical (unpaired) electrons. The Bertz CT molecular complexity index is 394. The van der Waals surface area contributed by atoms with Crippen molar-refractivity contribution < 1.29 is 4.79 Å². The number of nitrogens with zero attached hydrogens (tertiary/aromatic N) is 2. The molecule has 0 saturated carbocycles. The summed E-state index contributed by atoms with van der Waals surface area (Å²) in [6.07, 6.45) is 2.70. The Balaban J connectivity index is 2.43. The van der Waals surface area contributed by atoms with Gasteiger partial charge in [-0.15, -0.1) is 16.8 Å². The van der Waals surface area contributed by atoms with Crippen molar-refractivity contribution in [1.29, 1.82) is 0 Å². The van der Waals surface area contributed by atoms with Crippen molar-refractivity contribution in [3.8, 4) is 0 Å². The third kappa shape index (κ3) is 5.05. The van der Waals surface area contributed by atoms with Crippen LogP contribution in [0.2, 0.25) is 0 Å². The molecule has 7 heteroatoms. The SMILES string of the molecule is C=CCNC(=O)[C@@H](C)Sc1nnc(NCCC)s1. The van der Waals surface area contributed by atoms with Crippen molar-refractivity contribution in [2.45, 2.75) is 29.9 Å². The standard InChI is InChI=1S/C11H18N4OS2/c1-4-6-12-9(16)8(3)17-11-15-14-10(18-11)13-7-5-2/h4,8H,1,5-7H2,2-3H3,(H,12,16)(H,13,14)/t8-/m1/s1. The van der Waals surface area contributed by atoms with Crippen LogP contribution >= 0.6 is 23.1 Å². The molecule has 1 heterocycles. The lowest BCUT2D eigenvalue weighted by molar-refractivity contribution is -0.120. The van der Waals surface area contributed by atoms with E-state index in [4.69, 9.17) is 0 Å². The molecule has 1 amide bonds. The summed E-state index contributed by atoms with van der Waals surface area (Å²) >= 11 is 2.89. The maximum atomic E-state index is 11.6. The van der Waals surface area contributed by atoms with Crippen LogP contribution in [0, 0.1) is 0 Å². The molecule has 0 saturated heterocycles. The number of hydrogen-bond acceptors (Lipinski definition) is 6. The van der Waals surface area contributed by atoms with E-state index in [2.05, 4.69) is 34.3 Å². The predicted molar refractivity (Wildman–Crippen MR) is 77.2 cm³/mol. The quantitative estimate of drug-likeness (QED) is 0.566. The summed E-state index contributed by atoms with van der Waals surface area (Å²) in [6.45, 7) is 8.87. The highest BCUT2D eigenvalue weighted by atomic mass is 32.2. The minimum absolute atomic E-state index is 0.0156. The number of rotatable bonds is 8. The van der Waals surface area contributed by atoms with Gasteiger partial charge in [0, 0.05) is 13.1 Å². The van der Waals surface area contributed by atoms with Crippen LogP contribution in [-0.2, 0) is 4.79 Å². The lowest BCUT2D eigenvalue weighted by atomic mass is 10.4. The highest BCUT2D eigenvalue weighted by Gasteiger charge is 2.16. The first-order valence-electron chi connectivity index (χ1n) is 5.80. The van der Waals surface area contributed by atoms with Crippen molar-refractivity contribution >= 4 is 34.1 Å². The van der Waals surface area contributed by atoms with Crippen molar-refractivity contribution in [1.82, 2.24) is 15.5 Å². The monoisotopic (exact) mass is 286 g/mol. The summed E-state index contributed by atoms with van der Waals surface area (Å²) in [5.74, 6) is -0.0156. The van der Waals surface area contributed by atoms with Crippen LogP contribution in [-0.4, -0.2) is 34.4 Å². The van der Waals surface area contributed by atoms with Crippen LogP contribution in [0.15, 0.2) is 17.0 Å². The largest absolute Gasteiger partial charge is 0.360 e. The van der Waals surface area contributed by atoms with Gasteiger partial charge in [-0.05, 0) is 13.3 Å². The average molecular weight is 286 g/mol. The first kappa shape index (κ1) is 15.0. The van der Waals surface area contributed by atoms with E-state index in [-0.39, 0.29) is 11.2 Å². The highest BCUT2D eigenvalue weighted by molar-refractivity contribution is 8.02. The van der Waals surface area contributed by atoms with E-state index in [9.17, 15) is 4.79 Å². The fraction of sp³-hybridized carbons (Fsp3) is 0.545. The highest BCUT2D eigenvalue weighted by Crippen LogP contribution is 2.28. The molecular formula is C11H18N4OS2. The summed E-state index contributed by atoms with van der Waals surface area (Å²) in [5, 5.41) is 14.6. The molecule has 0 aliphatic heterocycles. The molecule has 0 spiro atoms. The van der Waals surface area contributed by atoms with Crippen molar-refractivity contribution in [2.75, 3.05) is 18.4 Å². The molecule has 5 nitrogen and oxygen atoms in total. The summed E-state index contributed by atoms with van der Waals surface area (Å²) in [7, 11) is 0. The van der Waals surface area contributed by atoms with Crippen molar-refractivity contribution in [3.05, 3.63) is 12.7 Å². The molecule has 0 fully saturated rings. The first-order valence-corrected chi connectivity index (χ1v) is 7.49. The number of carbonyl (C=O) groups is 1. The lowest BCUT2D eigenvalue weighted by Crippen LogP contribution is -2.30. The number of amides is 1. The van der Waals surface area contributed by atoms with Gasteiger partial charge in [0.15, 0.2) is 4.34 Å². The zero-order valence-corrected chi connectivity index (χ0v) is 12.2. The fourth-order valence-corrected chi connectivity index (χ4v) is 3.03. The molecule has 0 aromatic carbocycles. The fourth-order valence-electron chi connectivity index (χ4n) is 1.08. The van der Waals surface area contributed by atoms with Gasteiger partial charge < -0.3 is 10.6 Å². The van der Waals surface area contributed by atoms with Gasteiger partial charge in [0.05, 0.1) is 5.25 Å². The van der Waals surface area contributed by atoms with Gasteiger partial charge in [0.2, 0.25) is 11.0 Å². The van der Waals surface area contributed by atoms with E-state index in [1.54, 1.807) is 6.08 Å². The number of aromatic nitrogens is 2. The van der Waals surface area contributed by atoms with Gasteiger partial charge in [0.1, 0.15) is 0 Å². The number of thioether (sulfide) groups is 1. The molecule has 1 aromatic heterocycles. The van der Waals surface area contributed by atoms with Crippen LogP contribution in [0.25, 0.3) is 0 Å². The van der Waals surface area contributed by atoms with Crippen LogP contribution in [0.3, 0.4) is 0 Å². The minimum Gasteiger partial charge on any atom is -0.360 e. The molecule has 2 N–H and O–H groups in total. The van der Waals surface area contributed by atoms with E-state index in [1.807, 2.05) is 6.92 Å². The number of hydrogen-bond donors (Lipinski definition) is 2. The number of carbonyl (C=O) groups excluding carboxylic acids is 1. The smallest absolute Gasteiger partial charge is 0.233 e. The maximum absolute atomic E-state index is 11.6. The number of anilines is 1. The Morgan fingerprint density at radius 1 is 1.61 bits per heavy atom. The zero-order valence-electron chi connectivity index (χ0n) is 10.6. The van der Waals surface area contributed by atoms with E-state index in [1.165, 1.54) is 23.1 Å². The maximum Gasteiger partial charge on any atom is 0.233 e. The Morgan fingerprint density at radius 2 is 2.39 bits per heavy atom. The predicted octanol–water partition coefficient (Wildman–Crippen LogP) is 2.14. The van der Waals surface area contributed by atoms with Gasteiger partial charge in [-0.2, -0.15) is 0 Å². The average Bonchev–Trinajstić information content (AvgIpc) is 2.80. The minimum atomic E-state index is -0.183. The summed E-state index contributed by atoms with van der Waals surface area (Å²) in [4.78, 5) is 11.6. The molecule has 0 aliphatic rings. The van der Waals surface area contributed by atoms with Crippen LogP contribution in [0.5, 0.6) is 0 Å². The Labute approximate surface area is 115 Å². The molecule has 0 aliphatic carbocycles. The normalized spacial score (nSPS) is 11.9. The Kier molecular flexibility index (Phi) is 6.74. The van der Waals surface area contributed by atoms with Gasteiger partial charge in [-0.25, -0.2) is 0 Å². The van der Waals surface area contributed by atoms with Crippen molar-refractivity contribution in [3.63, 3.8) is 0 Å². The third-order valence-corrected chi connectivity index (χ3v) is 4.07.